The molecule has 0 saturated heterocycles. The summed E-state index contributed by atoms with van der Waals surface area (Å²) >= 11 is 1.84. The van der Waals surface area contributed by atoms with Gasteiger partial charge in [-0.15, -0.1) is 11.3 Å². The van der Waals surface area contributed by atoms with Crippen molar-refractivity contribution >= 4 is 92.2 Å². The van der Waals surface area contributed by atoms with Crippen LogP contribution in [0, 0.1) is 5.82 Å². The van der Waals surface area contributed by atoms with Gasteiger partial charge in [0.2, 0.25) is 0 Å². The number of aromatic nitrogens is 2. The number of hydrogen-bond acceptors (Lipinski definition) is 2. The Hall–Kier alpha value is -6.69. The Balaban J connectivity index is 1.21. The third kappa shape index (κ3) is 4.57. The van der Waals surface area contributed by atoms with Gasteiger partial charge in [0.1, 0.15) is 5.82 Å². The van der Waals surface area contributed by atoms with Crippen molar-refractivity contribution in [3.05, 3.63) is 188 Å². The zero-order chi connectivity index (χ0) is 35.0. The van der Waals surface area contributed by atoms with Crippen LogP contribution >= 0.6 is 11.3 Å². The molecule has 0 aliphatic rings. The van der Waals surface area contributed by atoms with Gasteiger partial charge in [0.25, 0.3) is 0 Å². The lowest BCUT2D eigenvalue weighted by Crippen LogP contribution is -2.10. The molecule has 0 amide bonds. The Labute approximate surface area is 308 Å². The number of fused-ring (bicyclic) bond motifs is 9. The van der Waals surface area contributed by atoms with E-state index in [1.165, 1.54) is 48.6 Å². The first-order valence-corrected chi connectivity index (χ1v) is 18.6. The molecule has 11 rings (SSSR count). The third-order valence-electron chi connectivity index (χ3n) is 10.6. The van der Waals surface area contributed by atoms with E-state index in [0.29, 0.717) is 0 Å². The predicted molar refractivity (Wildman–Crippen MR) is 223 cm³/mol. The van der Waals surface area contributed by atoms with Crippen molar-refractivity contribution in [2.75, 3.05) is 4.90 Å². The Morgan fingerprint density at radius 2 is 0.962 bits per heavy atom. The van der Waals surface area contributed by atoms with Gasteiger partial charge in [-0.25, -0.2) is 4.39 Å². The van der Waals surface area contributed by atoms with Crippen LogP contribution in [0.5, 0.6) is 0 Å². The largest absolute Gasteiger partial charge is 0.309 e. The van der Waals surface area contributed by atoms with Gasteiger partial charge in [-0.3, -0.25) is 0 Å². The minimum atomic E-state index is -0.248. The highest BCUT2D eigenvalue weighted by atomic mass is 32.1. The normalized spacial score (nSPS) is 11.9. The summed E-state index contributed by atoms with van der Waals surface area (Å²) in [6.45, 7) is 0. The molecule has 0 atom stereocenters. The van der Waals surface area contributed by atoms with Gasteiger partial charge in [0, 0.05) is 59.8 Å². The van der Waals surface area contributed by atoms with Crippen molar-refractivity contribution < 1.29 is 4.39 Å². The van der Waals surface area contributed by atoms with Crippen LogP contribution in [0.25, 0.3) is 75.2 Å². The van der Waals surface area contributed by atoms with Crippen LogP contribution in [0.4, 0.5) is 21.5 Å². The molecule has 0 saturated carbocycles. The smallest absolute Gasteiger partial charge is 0.123 e. The fourth-order valence-corrected chi connectivity index (χ4v) is 9.46. The topological polar surface area (TPSA) is 13.1 Å². The quantitative estimate of drug-likeness (QED) is 0.174. The molecular weight excluding hydrogens is 670 g/mol. The van der Waals surface area contributed by atoms with E-state index in [-0.39, 0.29) is 5.82 Å². The van der Waals surface area contributed by atoms with E-state index >= 15 is 0 Å². The Morgan fingerprint density at radius 3 is 1.75 bits per heavy atom. The van der Waals surface area contributed by atoms with Crippen molar-refractivity contribution in [3.63, 3.8) is 0 Å². The predicted octanol–water partition coefficient (Wildman–Crippen LogP) is 13.9. The van der Waals surface area contributed by atoms with Crippen molar-refractivity contribution in [1.82, 2.24) is 9.13 Å². The summed E-state index contributed by atoms with van der Waals surface area (Å²) in [6, 6.07) is 63.5. The van der Waals surface area contributed by atoms with Gasteiger partial charge < -0.3 is 14.0 Å². The number of thiophene rings is 1. The van der Waals surface area contributed by atoms with Gasteiger partial charge in [0.05, 0.1) is 32.5 Å². The van der Waals surface area contributed by atoms with E-state index in [1.807, 2.05) is 23.5 Å². The molecule has 0 N–H and O–H groups in total. The summed E-state index contributed by atoms with van der Waals surface area (Å²) in [6.07, 6.45) is 0. The standard InChI is InChI=1S/C48H30FN3S/c49-31-21-23-33(24-22-31)52-42-17-7-4-13-36(42)38-27-25-35(30-46(38)52)50(45-19-10-16-40-39-15-6-9-20-47(39)53-48(40)45)34-26-28-44-41(29-34)37-14-5-8-18-43(37)51(44)32-11-2-1-3-12-32/h1-30H. The maximum Gasteiger partial charge on any atom is 0.123 e. The zero-order valence-electron chi connectivity index (χ0n) is 28.4. The number of halogens is 1. The van der Waals surface area contributed by atoms with E-state index in [9.17, 15) is 4.39 Å². The molecule has 0 bridgehead atoms. The molecule has 3 nitrogen and oxygen atoms in total. The number of nitrogens with zero attached hydrogens (tertiary/aromatic N) is 3. The Morgan fingerprint density at radius 1 is 0.396 bits per heavy atom. The fraction of sp³-hybridized carbons (Fsp3) is 0. The van der Waals surface area contributed by atoms with Crippen molar-refractivity contribution in [2.45, 2.75) is 0 Å². The van der Waals surface area contributed by atoms with Crippen molar-refractivity contribution in [1.29, 1.82) is 0 Å². The van der Waals surface area contributed by atoms with Gasteiger partial charge in [-0.05, 0) is 91.0 Å². The number of benzene rings is 8. The lowest BCUT2D eigenvalue weighted by molar-refractivity contribution is 0.627. The first-order chi connectivity index (χ1) is 26.2. The zero-order valence-corrected chi connectivity index (χ0v) is 29.3. The maximum absolute atomic E-state index is 14.2. The summed E-state index contributed by atoms with van der Waals surface area (Å²) in [5.74, 6) is -0.248. The fourth-order valence-electron chi connectivity index (χ4n) is 8.26. The number of para-hydroxylation sites is 3. The molecule has 0 aliphatic carbocycles. The molecule has 11 aromatic rings. The maximum atomic E-state index is 14.2. The van der Waals surface area contributed by atoms with Crippen molar-refractivity contribution in [3.8, 4) is 11.4 Å². The van der Waals surface area contributed by atoms with E-state index in [1.54, 1.807) is 0 Å². The second kappa shape index (κ2) is 11.7. The number of rotatable bonds is 5. The highest BCUT2D eigenvalue weighted by molar-refractivity contribution is 7.26. The summed E-state index contributed by atoms with van der Waals surface area (Å²) in [5.41, 5.74) is 9.77. The molecule has 0 aliphatic heterocycles. The average molecular weight is 700 g/mol. The third-order valence-corrected chi connectivity index (χ3v) is 11.8. The first kappa shape index (κ1) is 30.0. The second-order valence-corrected chi connectivity index (χ2v) is 14.6. The average Bonchev–Trinajstić information content (AvgIpc) is 3.87. The summed E-state index contributed by atoms with van der Waals surface area (Å²) in [4.78, 5) is 2.41. The van der Waals surface area contributed by atoms with Gasteiger partial charge in [-0.1, -0.05) is 91.0 Å². The van der Waals surface area contributed by atoms with Gasteiger partial charge in [0.15, 0.2) is 0 Å². The lowest BCUT2D eigenvalue weighted by Gasteiger charge is -2.26. The van der Waals surface area contributed by atoms with Crippen LogP contribution in [0.15, 0.2) is 182 Å². The summed E-state index contributed by atoms with van der Waals surface area (Å²) < 4.78 is 21.3. The second-order valence-electron chi connectivity index (χ2n) is 13.5. The molecule has 250 valence electrons. The van der Waals surface area contributed by atoms with Gasteiger partial charge >= 0.3 is 0 Å². The minimum absolute atomic E-state index is 0.248. The Kier molecular flexibility index (Phi) is 6.60. The summed E-state index contributed by atoms with van der Waals surface area (Å²) in [5, 5.41) is 7.22. The molecule has 5 heteroatoms. The molecule has 8 aromatic carbocycles. The SMILES string of the molecule is Fc1ccc(-n2c3ccccc3c3ccc(N(c4ccc5c(c4)c4ccccc4n5-c4ccccc4)c4cccc5c4sc4ccccc45)cc32)cc1. The van der Waals surface area contributed by atoms with Crippen LogP contribution in [0.2, 0.25) is 0 Å². The van der Waals surface area contributed by atoms with Crippen LogP contribution in [0.1, 0.15) is 0 Å². The van der Waals surface area contributed by atoms with E-state index < -0.39 is 0 Å². The van der Waals surface area contributed by atoms with Crippen LogP contribution in [-0.2, 0) is 0 Å². The van der Waals surface area contributed by atoms with Crippen molar-refractivity contribution in [2.24, 2.45) is 0 Å². The monoisotopic (exact) mass is 699 g/mol. The molecule has 3 aromatic heterocycles. The number of hydrogen-bond donors (Lipinski definition) is 0. The molecule has 0 radical (unpaired) electrons. The van der Waals surface area contributed by atoms with Gasteiger partial charge in [-0.2, -0.15) is 0 Å². The van der Waals surface area contributed by atoms with E-state index in [4.69, 9.17) is 0 Å². The molecule has 0 unspecified atom stereocenters. The molecular formula is C48H30FN3S. The highest BCUT2D eigenvalue weighted by Crippen LogP contribution is 2.47. The summed E-state index contributed by atoms with van der Waals surface area (Å²) in [7, 11) is 0. The first-order valence-electron chi connectivity index (χ1n) is 17.8. The molecule has 3 heterocycles. The highest BCUT2D eigenvalue weighted by Gasteiger charge is 2.22. The van der Waals surface area contributed by atoms with Crippen LogP contribution in [-0.4, -0.2) is 9.13 Å². The molecule has 0 spiro atoms. The Bertz CT molecular complexity index is 3190. The minimum Gasteiger partial charge on any atom is -0.309 e. The lowest BCUT2D eigenvalue weighted by atomic mass is 10.1. The number of anilines is 3. The van der Waals surface area contributed by atoms with Crippen LogP contribution in [0.3, 0.4) is 0 Å². The molecule has 0 fully saturated rings. The van der Waals surface area contributed by atoms with Crippen LogP contribution < -0.4 is 4.90 Å². The molecule has 53 heavy (non-hydrogen) atoms. The van der Waals surface area contributed by atoms with E-state index in [2.05, 4.69) is 172 Å². The van der Waals surface area contributed by atoms with E-state index in [0.717, 1.165) is 55.8 Å².